The summed E-state index contributed by atoms with van der Waals surface area (Å²) in [5, 5.41) is 13.5. The molecule has 9 heteroatoms. The topological polar surface area (TPSA) is 93.1 Å². The van der Waals surface area contributed by atoms with Crippen molar-refractivity contribution in [3.63, 3.8) is 0 Å². The number of anilines is 1. The van der Waals surface area contributed by atoms with Crippen molar-refractivity contribution in [3.05, 3.63) is 27.7 Å². The molecule has 26 heavy (non-hydrogen) atoms. The van der Waals surface area contributed by atoms with Crippen molar-refractivity contribution in [2.75, 3.05) is 38.1 Å². The lowest BCUT2D eigenvalue weighted by atomic mass is 9.86. The molecule has 0 unspecified atom stereocenters. The second-order valence-electron chi connectivity index (χ2n) is 6.70. The molecule has 1 saturated heterocycles. The van der Waals surface area contributed by atoms with Gasteiger partial charge >= 0.3 is 0 Å². The number of hydrogen-bond donors (Lipinski definition) is 3. The van der Waals surface area contributed by atoms with Crippen molar-refractivity contribution in [3.8, 4) is 0 Å². The van der Waals surface area contributed by atoms with Crippen LogP contribution >= 0.6 is 11.3 Å². The number of nitrogens with one attached hydrogen (secondary N) is 3. The highest BCUT2D eigenvalue weighted by Crippen LogP contribution is 2.44. The van der Waals surface area contributed by atoms with Gasteiger partial charge in [0.25, 0.3) is 5.91 Å². The molecule has 3 N–H and O–H groups in total. The Hall–Kier alpha value is -1.97. The fraction of sp³-hybridized carbons (Fsp3) is 0.588. The molecule has 2 aromatic rings. The quantitative estimate of drug-likeness (QED) is 0.671. The van der Waals surface area contributed by atoms with E-state index in [1.807, 2.05) is 7.05 Å². The standard InChI is InChI=1S/C17H24N6O2S/c1-23-16(21-11-22-23)20-8-7-19-15(24)13-10-12-2-9-25-17(14(12)26-13)3-5-18-6-4-17/h10-11,18H,2-9H2,1H3,(H,19,24)(H,20,21,22). The number of amides is 1. The van der Waals surface area contributed by atoms with Crippen molar-refractivity contribution in [1.82, 2.24) is 25.4 Å². The van der Waals surface area contributed by atoms with E-state index in [0.29, 0.717) is 19.0 Å². The molecule has 0 bridgehead atoms. The summed E-state index contributed by atoms with van der Waals surface area (Å²) in [6.45, 7) is 3.80. The van der Waals surface area contributed by atoms with Crippen molar-refractivity contribution < 1.29 is 9.53 Å². The third kappa shape index (κ3) is 3.34. The first-order valence-electron chi connectivity index (χ1n) is 9.02. The first-order valence-corrected chi connectivity index (χ1v) is 9.83. The van der Waals surface area contributed by atoms with E-state index in [-0.39, 0.29) is 11.5 Å². The molecular weight excluding hydrogens is 352 g/mol. The summed E-state index contributed by atoms with van der Waals surface area (Å²) in [6.07, 6.45) is 4.34. The van der Waals surface area contributed by atoms with Gasteiger partial charge in [0.1, 0.15) is 11.9 Å². The van der Waals surface area contributed by atoms with Crippen LogP contribution in [0.15, 0.2) is 12.4 Å². The highest BCUT2D eigenvalue weighted by atomic mass is 32.1. The summed E-state index contributed by atoms with van der Waals surface area (Å²) in [5.41, 5.74) is 1.10. The molecule has 0 atom stereocenters. The molecule has 0 saturated carbocycles. The Bertz CT molecular complexity index is 780. The van der Waals surface area contributed by atoms with Crippen molar-refractivity contribution in [2.45, 2.75) is 24.9 Å². The van der Waals surface area contributed by atoms with E-state index in [0.717, 1.165) is 43.8 Å². The minimum atomic E-state index is -0.186. The van der Waals surface area contributed by atoms with E-state index in [4.69, 9.17) is 4.74 Å². The fourth-order valence-electron chi connectivity index (χ4n) is 3.63. The molecule has 0 aromatic carbocycles. The van der Waals surface area contributed by atoms with Crippen LogP contribution in [0.5, 0.6) is 0 Å². The molecule has 1 spiro atoms. The van der Waals surface area contributed by atoms with Gasteiger partial charge in [-0.3, -0.25) is 4.79 Å². The van der Waals surface area contributed by atoms with E-state index in [1.54, 1.807) is 16.0 Å². The summed E-state index contributed by atoms with van der Waals surface area (Å²) >= 11 is 1.60. The summed E-state index contributed by atoms with van der Waals surface area (Å²) in [4.78, 5) is 18.7. The van der Waals surface area contributed by atoms with Crippen LogP contribution in [0.25, 0.3) is 0 Å². The molecule has 0 aliphatic carbocycles. The van der Waals surface area contributed by atoms with E-state index >= 15 is 0 Å². The van der Waals surface area contributed by atoms with Gasteiger partial charge in [-0.05, 0) is 44.0 Å². The van der Waals surface area contributed by atoms with Crippen LogP contribution in [0.4, 0.5) is 5.95 Å². The summed E-state index contributed by atoms with van der Waals surface area (Å²) in [6, 6.07) is 2.05. The third-order valence-electron chi connectivity index (χ3n) is 5.01. The number of carbonyl (C=O) groups is 1. The average molecular weight is 376 g/mol. The zero-order chi connectivity index (χ0) is 18.0. The summed E-state index contributed by atoms with van der Waals surface area (Å²) in [7, 11) is 1.82. The Kier molecular flexibility index (Phi) is 4.92. The van der Waals surface area contributed by atoms with Gasteiger partial charge in [0, 0.05) is 25.0 Å². The van der Waals surface area contributed by atoms with Crippen molar-refractivity contribution >= 4 is 23.2 Å². The molecule has 140 valence electrons. The van der Waals surface area contributed by atoms with E-state index in [9.17, 15) is 4.79 Å². The number of rotatable bonds is 5. The fourth-order valence-corrected chi connectivity index (χ4v) is 4.96. The van der Waals surface area contributed by atoms with Crippen molar-refractivity contribution in [1.29, 1.82) is 0 Å². The van der Waals surface area contributed by atoms with Gasteiger partial charge in [0.05, 0.1) is 11.5 Å². The first-order chi connectivity index (χ1) is 12.7. The molecule has 4 rings (SSSR count). The van der Waals surface area contributed by atoms with E-state index in [2.05, 4.69) is 32.1 Å². The smallest absolute Gasteiger partial charge is 0.261 e. The van der Waals surface area contributed by atoms with Gasteiger partial charge in [-0.15, -0.1) is 11.3 Å². The minimum absolute atomic E-state index is 0.0201. The number of aromatic nitrogens is 3. The van der Waals surface area contributed by atoms with Gasteiger partial charge in [0.15, 0.2) is 0 Å². The van der Waals surface area contributed by atoms with Crippen LogP contribution in [-0.2, 0) is 23.8 Å². The number of carbonyl (C=O) groups excluding carboxylic acids is 1. The highest BCUT2D eigenvalue weighted by Gasteiger charge is 2.41. The minimum Gasteiger partial charge on any atom is -0.369 e. The Labute approximate surface area is 156 Å². The lowest BCUT2D eigenvalue weighted by Crippen LogP contribution is -2.43. The summed E-state index contributed by atoms with van der Waals surface area (Å²) < 4.78 is 7.85. The Morgan fingerprint density at radius 3 is 3.04 bits per heavy atom. The molecule has 2 aliphatic heterocycles. The van der Waals surface area contributed by atoms with Gasteiger partial charge in [-0.2, -0.15) is 10.1 Å². The second kappa shape index (κ2) is 7.34. The maximum absolute atomic E-state index is 12.5. The summed E-state index contributed by atoms with van der Waals surface area (Å²) in [5.74, 6) is 0.670. The van der Waals surface area contributed by atoms with Gasteiger partial charge < -0.3 is 20.7 Å². The van der Waals surface area contributed by atoms with E-state index in [1.165, 1.54) is 16.8 Å². The van der Waals surface area contributed by atoms with Gasteiger partial charge in [-0.25, -0.2) is 4.68 Å². The van der Waals surface area contributed by atoms with Crippen LogP contribution in [0, 0.1) is 0 Å². The van der Waals surface area contributed by atoms with E-state index < -0.39 is 0 Å². The van der Waals surface area contributed by atoms with Crippen LogP contribution in [0.2, 0.25) is 0 Å². The van der Waals surface area contributed by atoms with Crippen LogP contribution in [-0.4, -0.2) is 53.5 Å². The largest absolute Gasteiger partial charge is 0.369 e. The number of piperidine rings is 1. The number of nitrogens with zero attached hydrogens (tertiary/aromatic N) is 3. The monoisotopic (exact) mass is 376 g/mol. The molecule has 8 nitrogen and oxygen atoms in total. The van der Waals surface area contributed by atoms with Crippen LogP contribution < -0.4 is 16.0 Å². The maximum Gasteiger partial charge on any atom is 0.261 e. The maximum atomic E-state index is 12.5. The predicted octanol–water partition coefficient (Wildman–Crippen LogP) is 0.870. The van der Waals surface area contributed by atoms with Crippen molar-refractivity contribution in [2.24, 2.45) is 7.05 Å². The average Bonchev–Trinajstić information content (AvgIpc) is 3.27. The van der Waals surface area contributed by atoms with Crippen LogP contribution in [0.1, 0.15) is 33.0 Å². The van der Waals surface area contributed by atoms with Gasteiger partial charge in [0.2, 0.25) is 5.95 Å². The second-order valence-corrected chi connectivity index (χ2v) is 7.75. The lowest BCUT2D eigenvalue weighted by Gasteiger charge is -2.40. The predicted molar refractivity (Wildman–Crippen MR) is 99.6 cm³/mol. The molecule has 4 heterocycles. The SMILES string of the molecule is Cn1ncnc1NCCNC(=O)c1cc2c(s1)C1(CCNCC1)OCC2. The Morgan fingerprint density at radius 2 is 2.27 bits per heavy atom. The molecule has 2 aromatic heterocycles. The Balaban J connectivity index is 1.37. The number of aryl methyl sites for hydroxylation is 1. The van der Waals surface area contributed by atoms with Crippen LogP contribution in [0.3, 0.4) is 0 Å². The van der Waals surface area contributed by atoms with Gasteiger partial charge in [-0.1, -0.05) is 0 Å². The Morgan fingerprint density at radius 1 is 1.42 bits per heavy atom. The molecule has 2 aliphatic rings. The third-order valence-corrected chi connectivity index (χ3v) is 6.37. The molecule has 0 radical (unpaired) electrons. The zero-order valence-corrected chi connectivity index (χ0v) is 15.7. The normalized spacial score (nSPS) is 18.5. The number of thiophene rings is 1. The number of fused-ring (bicyclic) bond motifs is 2. The lowest BCUT2D eigenvalue weighted by molar-refractivity contribution is -0.0771. The number of hydrogen-bond acceptors (Lipinski definition) is 7. The molecule has 1 fully saturated rings. The zero-order valence-electron chi connectivity index (χ0n) is 14.9. The first kappa shape index (κ1) is 17.4. The number of ether oxygens (including phenoxy) is 1. The molecular formula is C17H24N6O2S. The highest BCUT2D eigenvalue weighted by molar-refractivity contribution is 7.14. The molecule has 1 amide bonds.